The summed E-state index contributed by atoms with van der Waals surface area (Å²) in [6, 6.07) is 0. The quantitative estimate of drug-likeness (QED) is 0.210. The normalized spacial score (nSPS) is 27.5. The monoisotopic (exact) mass is 373 g/mol. The molecule has 12 nitrogen and oxygen atoms in total. The summed E-state index contributed by atoms with van der Waals surface area (Å²) < 4.78 is 25.8. The van der Waals surface area contributed by atoms with Crippen LogP contribution < -0.4 is 0 Å². The Kier molecular flexibility index (Phi) is 7.81. The van der Waals surface area contributed by atoms with E-state index in [0.717, 1.165) is 27.7 Å². The third-order valence-electron chi connectivity index (χ3n) is 3.10. The van der Waals surface area contributed by atoms with Gasteiger partial charge >= 0.3 is 23.9 Å². The fourth-order valence-electron chi connectivity index (χ4n) is 2.38. The van der Waals surface area contributed by atoms with Gasteiger partial charge in [-0.25, -0.2) is 0 Å². The Labute approximate surface area is 148 Å². The highest BCUT2D eigenvalue weighted by atomic mass is 16.7. The van der Waals surface area contributed by atoms with Crippen molar-refractivity contribution < 1.29 is 42.9 Å². The molecule has 26 heavy (non-hydrogen) atoms. The summed E-state index contributed by atoms with van der Waals surface area (Å²) in [4.78, 5) is 48.3. The zero-order valence-electron chi connectivity index (χ0n) is 14.6. The van der Waals surface area contributed by atoms with Gasteiger partial charge in [-0.1, -0.05) is 5.11 Å². The molecule has 1 rings (SSSR count). The topological polar surface area (TPSA) is 163 Å². The maximum atomic E-state index is 11.5. The van der Waals surface area contributed by atoms with E-state index in [-0.39, 0.29) is 6.54 Å². The fraction of sp³-hybridized carbons (Fsp3) is 0.714. The van der Waals surface area contributed by atoms with Crippen LogP contribution in [-0.4, -0.2) is 61.1 Å². The van der Waals surface area contributed by atoms with Crippen LogP contribution in [0.4, 0.5) is 0 Å². The van der Waals surface area contributed by atoms with Gasteiger partial charge in [-0.2, -0.15) is 0 Å². The minimum absolute atomic E-state index is 0.323. The molecule has 0 amide bonds. The molecule has 0 aromatic rings. The summed E-state index contributed by atoms with van der Waals surface area (Å²) in [5, 5.41) is 3.34. The number of nitrogens with zero attached hydrogens (tertiary/aromatic N) is 3. The Morgan fingerprint density at radius 2 is 1.31 bits per heavy atom. The van der Waals surface area contributed by atoms with E-state index >= 15 is 0 Å². The van der Waals surface area contributed by atoms with Crippen LogP contribution in [0.25, 0.3) is 10.4 Å². The maximum absolute atomic E-state index is 11.5. The zero-order chi connectivity index (χ0) is 19.9. The van der Waals surface area contributed by atoms with Gasteiger partial charge in [0.15, 0.2) is 12.2 Å². The molecule has 144 valence electrons. The summed E-state index contributed by atoms with van der Waals surface area (Å²) in [7, 11) is 0. The van der Waals surface area contributed by atoms with Crippen molar-refractivity contribution in [3.05, 3.63) is 10.4 Å². The number of hydrogen-bond donors (Lipinski definition) is 0. The van der Waals surface area contributed by atoms with Crippen LogP contribution in [-0.2, 0) is 42.9 Å². The Morgan fingerprint density at radius 3 is 1.77 bits per heavy atom. The smallest absolute Gasteiger partial charge is 0.305 e. The minimum Gasteiger partial charge on any atom is -0.456 e. The van der Waals surface area contributed by atoms with Crippen molar-refractivity contribution in [1.29, 1.82) is 0 Å². The molecule has 1 aliphatic rings. The molecule has 0 spiro atoms. The van der Waals surface area contributed by atoms with Crippen molar-refractivity contribution in [3.8, 4) is 0 Å². The predicted octanol–water partition coefficient (Wildman–Crippen LogP) is 0.380. The van der Waals surface area contributed by atoms with E-state index in [1.165, 1.54) is 0 Å². The molecule has 0 aromatic heterocycles. The largest absolute Gasteiger partial charge is 0.456 e. The lowest BCUT2D eigenvalue weighted by Gasteiger charge is -2.43. The number of ether oxygens (including phenoxy) is 5. The molecule has 1 fully saturated rings. The molecule has 0 saturated carbocycles. The lowest BCUT2D eigenvalue weighted by atomic mass is 9.97. The van der Waals surface area contributed by atoms with Crippen LogP contribution in [0.1, 0.15) is 27.7 Å². The summed E-state index contributed by atoms with van der Waals surface area (Å²) in [6.45, 7) is 4.05. The molecule has 1 saturated heterocycles. The molecular formula is C14H19N3O9. The van der Waals surface area contributed by atoms with Crippen molar-refractivity contribution >= 4 is 23.9 Å². The minimum atomic E-state index is -1.47. The van der Waals surface area contributed by atoms with E-state index in [2.05, 4.69) is 10.0 Å². The summed E-state index contributed by atoms with van der Waals surface area (Å²) in [6.07, 6.45) is -6.59. The molecule has 5 atom stereocenters. The molecule has 1 aliphatic heterocycles. The standard InChI is InChI=1S/C14H19N3O9/c1-6(18)22-11-10(5-16-17-15)26-14(25-9(4)21)13(24-8(3)20)12(11)23-7(2)19/h10-14H,5H2,1-4H3/t10-,11-,12+,13+,14?/m1/s1. The molecule has 12 heteroatoms. The van der Waals surface area contributed by atoms with Gasteiger partial charge in [0, 0.05) is 32.6 Å². The number of esters is 4. The van der Waals surface area contributed by atoms with Crippen LogP contribution >= 0.6 is 0 Å². The average molecular weight is 373 g/mol. The third kappa shape index (κ3) is 6.22. The van der Waals surface area contributed by atoms with Crippen LogP contribution in [0.15, 0.2) is 5.11 Å². The van der Waals surface area contributed by atoms with Gasteiger partial charge in [0.05, 0.1) is 6.54 Å². The summed E-state index contributed by atoms with van der Waals surface area (Å²) >= 11 is 0. The van der Waals surface area contributed by atoms with Crippen LogP contribution in [0, 0.1) is 0 Å². The van der Waals surface area contributed by atoms with Crippen LogP contribution in [0.2, 0.25) is 0 Å². The number of carbonyl (C=O) groups excluding carboxylic acids is 4. The molecule has 0 aliphatic carbocycles. The Balaban J connectivity index is 3.32. The van der Waals surface area contributed by atoms with Crippen molar-refractivity contribution in [1.82, 2.24) is 0 Å². The average Bonchev–Trinajstić information content (AvgIpc) is 2.49. The second-order valence-electron chi connectivity index (χ2n) is 5.29. The zero-order valence-corrected chi connectivity index (χ0v) is 14.6. The second kappa shape index (κ2) is 9.59. The van der Waals surface area contributed by atoms with E-state index in [4.69, 9.17) is 29.2 Å². The van der Waals surface area contributed by atoms with Crippen LogP contribution in [0.3, 0.4) is 0 Å². The van der Waals surface area contributed by atoms with Gasteiger partial charge < -0.3 is 23.7 Å². The molecule has 0 radical (unpaired) electrons. The van der Waals surface area contributed by atoms with E-state index in [1.54, 1.807) is 0 Å². The molecule has 1 heterocycles. The molecule has 1 unspecified atom stereocenters. The van der Waals surface area contributed by atoms with Gasteiger partial charge in [-0.05, 0) is 5.53 Å². The van der Waals surface area contributed by atoms with Crippen molar-refractivity contribution in [3.63, 3.8) is 0 Å². The summed E-state index contributed by atoms with van der Waals surface area (Å²) in [5.41, 5.74) is 8.51. The van der Waals surface area contributed by atoms with E-state index in [1.807, 2.05) is 0 Å². The highest BCUT2D eigenvalue weighted by Gasteiger charge is 2.52. The SMILES string of the molecule is CC(=O)OC1O[C@H](CN=[N+]=[N-])[C@@H](OC(C)=O)[C@H](OC(C)=O)[C@@H]1OC(C)=O. The van der Waals surface area contributed by atoms with Gasteiger partial charge in [-0.15, -0.1) is 0 Å². The Hall–Kier alpha value is -2.85. The van der Waals surface area contributed by atoms with E-state index < -0.39 is 54.6 Å². The van der Waals surface area contributed by atoms with E-state index in [9.17, 15) is 19.2 Å². The van der Waals surface area contributed by atoms with Gasteiger partial charge in [0.2, 0.25) is 12.4 Å². The number of carbonyl (C=O) groups is 4. The lowest BCUT2D eigenvalue weighted by molar-refractivity contribution is -0.293. The predicted molar refractivity (Wildman–Crippen MR) is 81.1 cm³/mol. The number of rotatable bonds is 6. The Bertz CT molecular complexity index is 587. The number of hydrogen-bond acceptors (Lipinski definition) is 10. The molecule has 0 bridgehead atoms. The third-order valence-corrected chi connectivity index (χ3v) is 3.10. The van der Waals surface area contributed by atoms with Crippen molar-refractivity contribution in [2.75, 3.05) is 6.54 Å². The molecule has 0 aromatic carbocycles. The lowest BCUT2D eigenvalue weighted by Crippen LogP contribution is -2.62. The van der Waals surface area contributed by atoms with Gasteiger partial charge in [-0.3, -0.25) is 19.2 Å². The first kappa shape index (κ1) is 21.2. The molecular weight excluding hydrogens is 354 g/mol. The maximum Gasteiger partial charge on any atom is 0.305 e. The number of azide groups is 1. The van der Waals surface area contributed by atoms with Crippen LogP contribution in [0.5, 0.6) is 0 Å². The first-order valence-electron chi connectivity index (χ1n) is 7.51. The van der Waals surface area contributed by atoms with Gasteiger partial charge in [0.1, 0.15) is 6.10 Å². The second-order valence-corrected chi connectivity index (χ2v) is 5.29. The molecule has 0 N–H and O–H groups in total. The first-order chi connectivity index (χ1) is 12.1. The fourth-order valence-corrected chi connectivity index (χ4v) is 2.38. The van der Waals surface area contributed by atoms with Gasteiger partial charge in [0.25, 0.3) is 0 Å². The highest BCUT2D eigenvalue weighted by molar-refractivity contribution is 5.69. The first-order valence-corrected chi connectivity index (χ1v) is 7.51. The van der Waals surface area contributed by atoms with E-state index in [0.29, 0.717) is 0 Å². The van der Waals surface area contributed by atoms with Crippen molar-refractivity contribution in [2.24, 2.45) is 5.11 Å². The highest BCUT2D eigenvalue weighted by Crippen LogP contribution is 2.29. The Morgan fingerprint density at radius 1 is 0.846 bits per heavy atom. The van der Waals surface area contributed by atoms with Crippen molar-refractivity contribution in [2.45, 2.75) is 58.4 Å². The summed E-state index contributed by atoms with van der Waals surface area (Å²) in [5.74, 6) is -3.05.